The summed E-state index contributed by atoms with van der Waals surface area (Å²) >= 11 is 15.2. The summed E-state index contributed by atoms with van der Waals surface area (Å²) in [5.41, 5.74) is 1.26. The van der Waals surface area contributed by atoms with E-state index >= 15 is 0 Å². The van der Waals surface area contributed by atoms with Gasteiger partial charge in [-0.15, -0.1) is 0 Å². The van der Waals surface area contributed by atoms with Crippen molar-refractivity contribution in [3.63, 3.8) is 0 Å². The average Bonchev–Trinajstić information content (AvgIpc) is 2.37. The van der Waals surface area contributed by atoms with Gasteiger partial charge in [-0.3, -0.25) is 0 Å². The van der Waals surface area contributed by atoms with Crippen LogP contribution in [-0.4, -0.2) is 11.2 Å². The predicted molar refractivity (Wildman–Crippen MR) is 84.0 cm³/mol. The van der Waals surface area contributed by atoms with Gasteiger partial charge in [0.2, 0.25) is 0 Å². The molecule has 106 valence electrons. The molecule has 0 aromatic heterocycles. The summed E-state index contributed by atoms with van der Waals surface area (Å²) in [6, 6.07) is 9.79. The van der Waals surface area contributed by atoms with Crippen molar-refractivity contribution in [3.8, 4) is 0 Å². The summed E-state index contributed by atoms with van der Waals surface area (Å²) in [6.07, 6.45) is -0.135. The topological polar surface area (TPSA) is 20.2 Å². The first kappa shape index (κ1) is 15.8. The van der Waals surface area contributed by atoms with Crippen LogP contribution >= 0.6 is 39.1 Å². The number of hydrogen-bond acceptors (Lipinski definition) is 1. The lowest BCUT2D eigenvalue weighted by Crippen LogP contribution is -2.15. The number of aliphatic hydroxyl groups is 1. The Morgan fingerprint density at radius 3 is 2.45 bits per heavy atom. The van der Waals surface area contributed by atoms with E-state index < -0.39 is 6.10 Å². The molecule has 0 fully saturated rings. The average molecular weight is 378 g/mol. The van der Waals surface area contributed by atoms with Gasteiger partial charge in [0.1, 0.15) is 5.82 Å². The van der Waals surface area contributed by atoms with E-state index in [0.717, 1.165) is 10.0 Å². The first-order valence-electron chi connectivity index (χ1n) is 6.01. The van der Waals surface area contributed by atoms with Gasteiger partial charge in [0.05, 0.1) is 6.10 Å². The second kappa shape index (κ2) is 6.90. The van der Waals surface area contributed by atoms with Gasteiger partial charge in [0.25, 0.3) is 0 Å². The molecule has 0 aliphatic heterocycles. The van der Waals surface area contributed by atoms with E-state index in [1.807, 2.05) is 0 Å². The molecule has 0 bridgehead atoms. The highest BCUT2D eigenvalue weighted by molar-refractivity contribution is 9.10. The van der Waals surface area contributed by atoms with E-state index in [-0.39, 0.29) is 12.2 Å². The molecule has 2 rings (SSSR count). The van der Waals surface area contributed by atoms with Crippen molar-refractivity contribution in [1.29, 1.82) is 0 Å². The van der Waals surface area contributed by atoms with Crippen LogP contribution in [-0.2, 0) is 12.8 Å². The normalized spacial score (nSPS) is 12.4. The first-order chi connectivity index (χ1) is 9.45. The Hall–Kier alpha value is -0.610. The Bertz CT molecular complexity index is 619. The van der Waals surface area contributed by atoms with E-state index in [9.17, 15) is 9.50 Å². The van der Waals surface area contributed by atoms with Crippen molar-refractivity contribution in [1.82, 2.24) is 0 Å². The van der Waals surface area contributed by atoms with Crippen LogP contribution in [0.1, 0.15) is 11.1 Å². The second-order valence-electron chi connectivity index (χ2n) is 4.53. The lowest BCUT2D eigenvalue weighted by atomic mass is 10.0. The number of halogens is 4. The number of aliphatic hydroxyl groups excluding tert-OH is 1. The standard InChI is InChI=1S/C15H12BrCl2FO/c16-11-2-4-15(19)10(5-11)7-13(20)6-9-1-3-12(17)8-14(9)18/h1-5,8,13,20H,6-7H2. The van der Waals surface area contributed by atoms with Crippen LogP contribution in [0.3, 0.4) is 0 Å². The van der Waals surface area contributed by atoms with Crippen LogP contribution in [0.5, 0.6) is 0 Å². The Labute approximate surface area is 135 Å². The minimum Gasteiger partial charge on any atom is -0.392 e. The minimum atomic E-state index is -0.711. The Morgan fingerprint density at radius 1 is 1.05 bits per heavy atom. The van der Waals surface area contributed by atoms with Gasteiger partial charge in [-0.1, -0.05) is 45.2 Å². The molecule has 5 heteroatoms. The van der Waals surface area contributed by atoms with Gasteiger partial charge in [0.15, 0.2) is 0 Å². The van der Waals surface area contributed by atoms with Crippen LogP contribution in [0.15, 0.2) is 40.9 Å². The summed E-state index contributed by atoms with van der Waals surface area (Å²) in [5, 5.41) is 11.1. The Balaban J connectivity index is 2.08. The maximum Gasteiger partial charge on any atom is 0.126 e. The fraction of sp³-hybridized carbons (Fsp3) is 0.200. The third-order valence-corrected chi connectivity index (χ3v) is 4.01. The molecule has 0 heterocycles. The monoisotopic (exact) mass is 376 g/mol. The summed E-state index contributed by atoms with van der Waals surface area (Å²) in [4.78, 5) is 0. The fourth-order valence-corrected chi connectivity index (χ4v) is 2.86. The number of benzene rings is 2. The highest BCUT2D eigenvalue weighted by Crippen LogP contribution is 2.23. The van der Waals surface area contributed by atoms with Crippen LogP contribution in [0.25, 0.3) is 0 Å². The van der Waals surface area contributed by atoms with Crippen LogP contribution in [0.4, 0.5) is 4.39 Å². The molecule has 2 aromatic carbocycles. The zero-order valence-electron chi connectivity index (χ0n) is 10.4. The van der Waals surface area contributed by atoms with Crippen molar-refractivity contribution in [2.75, 3.05) is 0 Å². The molecule has 20 heavy (non-hydrogen) atoms. The maximum atomic E-state index is 13.6. The molecule has 0 spiro atoms. The van der Waals surface area contributed by atoms with Gasteiger partial charge >= 0.3 is 0 Å². The largest absolute Gasteiger partial charge is 0.392 e. The highest BCUT2D eigenvalue weighted by atomic mass is 79.9. The molecule has 1 atom stereocenters. The molecule has 1 unspecified atom stereocenters. The molecule has 0 amide bonds. The molecule has 1 nitrogen and oxygen atoms in total. The number of rotatable bonds is 4. The summed E-state index contributed by atoms with van der Waals surface area (Å²) in [5.74, 6) is -0.325. The van der Waals surface area contributed by atoms with E-state index in [0.29, 0.717) is 22.0 Å². The third kappa shape index (κ3) is 4.19. The van der Waals surface area contributed by atoms with Crippen LogP contribution in [0, 0.1) is 5.82 Å². The predicted octanol–water partition coefficient (Wildman–Crippen LogP) is 5.04. The van der Waals surface area contributed by atoms with E-state index in [2.05, 4.69) is 15.9 Å². The Morgan fingerprint density at radius 2 is 1.75 bits per heavy atom. The molecule has 0 saturated heterocycles. The Kier molecular flexibility index (Phi) is 5.44. The van der Waals surface area contributed by atoms with E-state index in [1.54, 1.807) is 30.3 Å². The van der Waals surface area contributed by atoms with Crippen molar-refractivity contribution >= 4 is 39.1 Å². The van der Waals surface area contributed by atoms with Crippen LogP contribution < -0.4 is 0 Å². The van der Waals surface area contributed by atoms with Crippen molar-refractivity contribution < 1.29 is 9.50 Å². The SMILES string of the molecule is OC(Cc1cc(Br)ccc1F)Cc1ccc(Cl)cc1Cl. The van der Waals surface area contributed by atoms with Crippen LogP contribution in [0.2, 0.25) is 10.0 Å². The van der Waals surface area contributed by atoms with Crippen molar-refractivity contribution in [3.05, 3.63) is 67.9 Å². The summed E-state index contributed by atoms with van der Waals surface area (Å²) in [6.45, 7) is 0. The molecule has 1 N–H and O–H groups in total. The fourth-order valence-electron chi connectivity index (χ4n) is 1.97. The highest BCUT2D eigenvalue weighted by Gasteiger charge is 2.13. The van der Waals surface area contributed by atoms with Gasteiger partial charge in [0, 0.05) is 27.4 Å². The summed E-state index contributed by atoms with van der Waals surface area (Å²) in [7, 11) is 0. The quantitative estimate of drug-likeness (QED) is 0.791. The molecule has 2 aromatic rings. The molecule has 0 saturated carbocycles. The maximum absolute atomic E-state index is 13.6. The van der Waals surface area contributed by atoms with Crippen molar-refractivity contribution in [2.45, 2.75) is 18.9 Å². The van der Waals surface area contributed by atoms with Gasteiger partial charge < -0.3 is 5.11 Å². The van der Waals surface area contributed by atoms with E-state index in [1.165, 1.54) is 6.07 Å². The molecule has 0 aliphatic rings. The molecule has 0 aliphatic carbocycles. The van der Waals surface area contributed by atoms with Gasteiger partial charge in [-0.25, -0.2) is 4.39 Å². The zero-order chi connectivity index (χ0) is 14.7. The smallest absolute Gasteiger partial charge is 0.126 e. The van der Waals surface area contributed by atoms with E-state index in [4.69, 9.17) is 23.2 Å². The lowest BCUT2D eigenvalue weighted by molar-refractivity contribution is 0.174. The molecular formula is C15H12BrCl2FO. The first-order valence-corrected chi connectivity index (χ1v) is 7.56. The van der Waals surface area contributed by atoms with Gasteiger partial charge in [-0.05, 0) is 41.5 Å². The van der Waals surface area contributed by atoms with Crippen molar-refractivity contribution in [2.24, 2.45) is 0 Å². The second-order valence-corrected chi connectivity index (χ2v) is 6.29. The summed E-state index contributed by atoms with van der Waals surface area (Å²) < 4.78 is 14.4. The third-order valence-electron chi connectivity index (χ3n) is 2.93. The minimum absolute atomic E-state index is 0.226. The van der Waals surface area contributed by atoms with Gasteiger partial charge in [-0.2, -0.15) is 0 Å². The zero-order valence-corrected chi connectivity index (χ0v) is 13.5. The molecular weight excluding hydrogens is 366 g/mol. The molecule has 0 radical (unpaired) electrons. The lowest BCUT2D eigenvalue weighted by Gasteiger charge is -2.13. The number of hydrogen-bond donors (Lipinski definition) is 1.